The van der Waals surface area contributed by atoms with E-state index in [0.29, 0.717) is 17.3 Å². The Morgan fingerprint density at radius 2 is 1.92 bits per heavy atom. The Bertz CT molecular complexity index is 907. The number of para-hydroxylation sites is 3. The molecule has 1 unspecified atom stereocenters. The first-order chi connectivity index (χ1) is 12.1. The average Bonchev–Trinajstić information content (AvgIpc) is 3.01. The van der Waals surface area contributed by atoms with Crippen LogP contribution in [0.5, 0.6) is 5.75 Å². The monoisotopic (exact) mass is 334 g/mol. The molecule has 0 aliphatic heterocycles. The van der Waals surface area contributed by atoms with Gasteiger partial charge in [0.2, 0.25) is 5.95 Å². The number of nitrogens with one attached hydrogen (secondary N) is 2. The summed E-state index contributed by atoms with van der Waals surface area (Å²) in [6, 6.07) is 16.5. The Morgan fingerprint density at radius 3 is 2.64 bits per heavy atom. The number of aromatic nitrogens is 2. The number of nitrogens with zero attached hydrogens (tertiary/aromatic N) is 2. The fourth-order valence-corrected chi connectivity index (χ4v) is 2.49. The lowest BCUT2D eigenvalue weighted by molar-refractivity contribution is -0.124. The van der Waals surface area contributed by atoms with Crippen LogP contribution in [0.15, 0.2) is 48.5 Å². The summed E-state index contributed by atoms with van der Waals surface area (Å²) in [6.07, 6.45) is -0.747. The minimum absolute atomic E-state index is 0.0869. The maximum atomic E-state index is 12.7. The highest BCUT2D eigenvalue weighted by Crippen LogP contribution is 2.22. The van der Waals surface area contributed by atoms with Gasteiger partial charge in [0, 0.05) is 0 Å². The minimum Gasteiger partial charge on any atom is -0.479 e. The fourth-order valence-electron chi connectivity index (χ4n) is 2.49. The molecule has 2 aromatic carbocycles. The largest absolute Gasteiger partial charge is 0.479 e. The molecule has 0 aliphatic rings. The SMILES string of the molecule is CC(C)C(Oc1ccccc1C#N)C(=O)Nc1nc2ccccc2[nH]1. The molecule has 3 aromatic rings. The number of anilines is 1. The minimum atomic E-state index is -0.747. The third-order valence-corrected chi connectivity index (χ3v) is 3.76. The van der Waals surface area contributed by atoms with Crippen LogP contribution in [0, 0.1) is 17.2 Å². The Hall–Kier alpha value is -3.33. The van der Waals surface area contributed by atoms with Gasteiger partial charge in [-0.25, -0.2) is 4.98 Å². The quantitative estimate of drug-likeness (QED) is 0.747. The number of amides is 1. The highest BCUT2D eigenvalue weighted by Gasteiger charge is 2.26. The van der Waals surface area contributed by atoms with Crippen molar-refractivity contribution in [3.05, 3.63) is 54.1 Å². The highest BCUT2D eigenvalue weighted by molar-refractivity contribution is 5.94. The molecule has 25 heavy (non-hydrogen) atoms. The van der Waals surface area contributed by atoms with Crippen molar-refractivity contribution in [3.8, 4) is 11.8 Å². The molecule has 6 nitrogen and oxygen atoms in total. The predicted molar refractivity (Wildman–Crippen MR) is 95.1 cm³/mol. The normalized spacial score (nSPS) is 11.9. The lowest BCUT2D eigenvalue weighted by Crippen LogP contribution is -2.37. The van der Waals surface area contributed by atoms with E-state index in [4.69, 9.17) is 4.74 Å². The van der Waals surface area contributed by atoms with E-state index in [2.05, 4.69) is 21.4 Å². The third kappa shape index (κ3) is 3.61. The van der Waals surface area contributed by atoms with E-state index in [1.165, 1.54) is 0 Å². The van der Waals surface area contributed by atoms with Crippen LogP contribution in [0.3, 0.4) is 0 Å². The summed E-state index contributed by atoms with van der Waals surface area (Å²) in [5, 5.41) is 11.9. The van der Waals surface area contributed by atoms with Gasteiger partial charge in [0.1, 0.15) is 11.8 Å². The molecular weight excluding hydrogens is 316 g/mol. The molecule has 2 N–H and O–H groups in total. The van der Waals surface area contributed by atoms with E-state index in [1.807, 2.05) is 38.1 Å². The van der Waals surface area contributed by atoms with Crippen molar-refractivity contribution in [1.29, 1.82) is 5.26 Å². The molecule has 1 amide bonds. The van der Waals surface area contributed by atoms with Gasteiger partial charge in [0.05, 0.1) is 16.6 Å². The summed E-state index contributed by atoms with van der Waals surface area (Å²) in [4.78, 5) is 20.1. The Kier molecular flexibility index (Phi) is 4.66. The zero-order chi connectivity index (χ0) is 17.8. The molecule has 0 fully saturated rings. The molecule has 0 saturated carbocycles. The van der Waals surface area contributed by atoms with E-state index in [-0.39, 0.29) is 11.8 Å². The molecule has 1 atom stereocenters. The second-order valence-electron chi connectivity index (χ2n) is 5.98. The van der Waals surface area contributed by atoms with Crippen LogP contribution in [0.4, 0.5) is 5.95 Å². The number of imidazole rings is 1. The van der Waals surface area contributed by atoms with Gasteiger partial charge in [0.25, 0.3) is 5.91 Å². The number of carbonyl (C=O) groups excluding carboxylic acids is 1. The van der Waals surface area contributed by atoms with Gasteiger partial charge in [-0.05, 0) is 30.2 Å². The zero-order valence-corrected chi connectivity index (χ0v) is 14.0. The van der Waals surface area contributed by atoms with Gasteiger partial charge in [0.15, 0.2) is 6.10 Å². The number of benzene rings is 2. The number of hydrogen-bond acceptors (Lipinski definition) is 4. The van der Waals surface area contributed by atoms with Crippen molar-refractivity contribution in [3.63, 3.8) is 0 Å². The summed E-state index contributed by atoms with van der Waals surface area (Å²) in [7, 11) is 0. The highest BCUT2D eigenvalue weighted by atomic mass is 16.5. The Labute approximate surface area is 145 Å². The van der Waals surface area contributed by atoms with E-state index in [0.717, 1.165) is 11.0 Å². The molecule has 0 saturated heterocycles. The maximum Gasteiger partial charge on any atom is 0.268 e. The van der Waals surface area contributed by atoms with Crippen molar-refractivity contribution in [2.75, 3.05) is 5.32 Å². The summed E-state index contributed by atoms with van der Waals surface area (Å²) in [5.41, 5.74) is 2.01. The molecular formula is C19H18N4O2. The van der Waals surface area contributed by atoms with Crippen LogP contribution in [-0.2, 0) is 4.79 Å². The fraction of sp³-hybridized carbons (Fsp3) is 0.211. The van der Waals surface area contributed by atoms with Gasteiger partial charge in [-0.15, -0.1) is 0 Å². The van der Waals surface area contributed by atoms with Gasteiger partial charge in [-0.2, -0.15) is 5.26 Å². The Balaban J connectivity index is 1.80. The van der Waals surface area contributed by atoms with Crippen LogP contribution >= 0.6 is 0 Å². The average molecular weight is 334 g/mol. The Morgan fingerprint density at radius 1 is 1.20 bits per heavy atom. The number of rotatable bonds is 5. The number of aromatic amines is 1. The molecule has 3 rings (SSSR count). The number of nitriles is 1. The first-order valence-electron chi connectivity index (χ1n) is 8.00. The van der Waals surface area contributed by atoms with Crippen molar-refractivity contribution in [2.45, 2.75) is 20.0 Å². The zero-order valence-electron chi connectivity index (χ0n) is 14.0. The van der Waals surface area contributed by atoms with E-state index in [1.54, 1.807) is 24.3 Å². The van der Waals surface area contributed by atoms with Crippen LogP contribution in [0.1, 0.15) is 19.4 Å². The predicted octanol–water partition coefficient (Wildman–Crippen LogP) is 3.48. The second kappa shape index (κ2) is 7.05. The first-order valence-corrected chi connectivity index (χ1v) is 8.00. The molecule has 0 spiro atoms. The summed E-state index contributed by atoms with van der Waals surface area (Å²) in [5.74, 6) is 0.357. The summed E-state index contributed by atoms with van der Waals surface area (Å²) < 4.78 is 5.83. The molecule has 0 bridgehead atoms. The van der Waals surface area contributed by atoms with Gasteiger partial charge in [-0.3, -0.25) is 10.1 Å². The summed E-state index contributed by atoms with van der Waals surface area (Å²) in [6.45, 7) is 3.77. The lowest BCUT2D eigenvalue weighted by atomic mass is 10.1. The molecule has 0 radical (unpaired) electrons. The second-order valence-corrected chi connectivity index (χ2v) is 5.98. The van der Waals surface area contributed by atoms with Crippen LogP contribution < -0.4 is 10.1 Å². The number of fused-ring (bicyclic) bond motifs is 1. The topological polar surface area (TPSA) is 90.8 Å². The molecule has 126 valence electrons. The lowest BCUT2D eigenvalue weighted by Gasteiger charge is -2.21. The number of carbonyl (C=O) groups is 1. The van der Waals surface area contributed by atoms with Gasteiger partial charge < -0.3 is 9.72 Å². The molecule has 1 heterocycles. The summed E-state index contributed by atoms with van der Waals surface area (Å²) >= 11 is 0. The molecule has 0 aliphatic carbocycles. The van der Waals surface area contributed by atoms with Crippen molar-refractivity contribution < 1.29 is 9.53 Å². The molecule has 6 heteroatoms. The van der Waals surface area contributed by atoms with Crippen molar-refractivity contribution in [2.24, 2.45) is 5.92 Å². The number of hydrogen-bond donors (Lipinski definition) is 2. The van der Waals surface area contributed by atoms with Gasteiger partial charge >= 0.3 is 0 Å². The van der Waals surface area contributed by atoms with Crippen LogP contribution in [-0.4, -0.2) is 22.0 Å². The van der Waals surface area contributed by atoms with E-state index < -0.39 is 6.10 Å². The first kappa shape index (κ1) is 16.5. The third-order valence-electron chi connectivity index (χ3n) is 3.76. The smallest absolute Gasteiger partial charge is 0.268 e. The maximum absolute atomic E-state index is 12.7. The number of ether oxygens (including phenoxy) is 1. The van der Waals surface area contributed by atoms with Gasteiger partial charge in [-0.1, -0.05) is 38.1 Å². The van der Waals surface area contributed by atoms with Crippen LogP contribution in [0.25, 0.3) is 11.0 Å². The molecule has 1 aromatic heterocycles. The van der Waals surface area contributed by atoms with Crippen molar-refractivity contribution >= 4 is 22.9 Å². The van der Waals surface area contributed by atoms with Crippen molar-refractivity contribution in [1.82, 2.24) is 9.97 Å². The van der Waals surface area contributed by atoms with E-state index >= 15 is 0 Å². The standard InChI is InChI=1S/C19H18N4O2/c1-12(2)17(25-16-10-6-3-7-13(16)11-20)18(24)23-19-21-14-8-4-5-9-15(14)22-19/h3-10,12,17H,1-2H3,(H2,21,22,23,24). The number of H-pyrrole nitrogens is 1. The van der Waals surface area contributed by atoms with Crippen LogP contribution in [0.2, 0.25) is 0 Å². The van der Waals surface area contributed by atoms with E-state index in [9.17, 15) is 10.1 Å².